The van der Waals surface area contributed by atoms with Crippen molar-refractivity contribution in [2.24, 2.45) is 11.8 Å². The highest BCUT2D eigenvalue weighted by molar-refractivity contribution is 5.55. The quantitative estimate of drug-likeness (QED) is 0.890. The maximum atomic E-state index is 13.3. The van der Waals surface area contributed by atoms with Gasteiger partial charge in [0.1, 0.15) is 5.82 Å². The zero-order valence-corrected chi connectivity index (χ0v) is 11.4. The molecule has 0 aromatic heterocycles. The molecule has 1 aliphatic heterocycles. The second-order valence-electron chi connectivity index (χ2n) is 5.62. The molecule has 1 saturated heterocycles. The van der Waals surface area contributed by atoms with Crippen LogP contribution in [-0.4, -0.2) is 18.2 Å². The Labute approximate surface area is 108 Å². The Hall–Kier alpha value is -1.09. The fraction of sp³-hybridized carbons (Fsp3) is 0.600. The minimum Gasteiger partial charge on any atom is -0.389 e. The molecule has 0 bridgehead atoms. The van der Waals surface area contributed by atoms with Crippen LogP contribution in [0.25, 0.3) is 0 Å². The third-order valence-corrected chi connectivity index (χ3v) is 3.95. The van der Waals surface area contributed by atoms with Crippen LogP contribution in [-0.2, 0) is 0 Å². The Bertz CT molecular complexity index is 417. The number of aliphatic hydroxyl groups is 1. The predicted molar refractivity (Wildman–Crippen MR) is 72.2 cm³/mol. The Morgan fingerprint density at radius 2 is 2.06 bits per heavy atom. The van der Waals surface area contributed by atoms with E-state index >= 15 is 0 Å². The lowest BCUT2D eigenvalue weighted by atomic mass is 9.95. The van der Waals surface area contributed by atoms with Crippen molar-refractivity contribution >= 4 is 5.69 Å². The number of hydrogen-bond donors (Lipinski definition) is 1. The molecule has 2 nitrogen and oxygen atoms in total. The molecular weight excluding hydrogens is 229 g/mol. The van der Waals surface area contributed by atoms with Gasteiger partial charge >= 0.3 is 0 Å². The monoisotopic (exact) mass is 251 g/mol. The van der Waals surface area contributed by atoms with Crippen LogP contribution in [0.4, 0.5) is 10.1 Å². The van der Waals surface area contributed by atoms with Gasteiger partial charge in [-0.2, -0.15) is 0 Å². The van der Waals surface area contributed by atoms with Gasteiger partial charge in [0.25, 0.3) is 0 Å². The topological polar surface area (TPSA) is 23.5 Å². The van der Waals surface area contributed by atoms with E-state index in [0.29, 0.717) is 17.4 Å². The summed E-state index contributed by atoms with van der Waals surface area (Å²) >= 11 is 0. The third-order valence-electron chi connectivity index (χ3n) is 3.95. The lowest BCUT2D eigenvalue weighted by molar-refractivity contribution is 0.199. The lowest BCUT2D eigenvalue weighted by Gasteiger charge is -2.24. The van der Waals surface area contributed by atoms with Crippen LogP contribution >= 0.6 is 0 Å². The average molecular weight is 251 g/mol. The van der Waals surface area contributed by atoms with Crippen LogP contribution in [0.3, 0.4) is 0 Å². The number of anilines is 1. The second kappa shape index (κ2) is 5.27. The van der Waals surface area contributed by atoms with Crippen molar-refractivity contribution in [2.45, 2.75) is 33.3 Å². The van der Waals surface area contributed by atoms with Gasteiger partial charge < -0.3 is 10.0 Å². The SMILES string of the molecule is CC(C)C1CCN(c2ccc(F)cc2[C@H](C)O)C1. The molecule has 1 aliphatic rings. The van der Waals surface area contributed by atoms with Gasteiger partial charge in [0.05, 0.1) is 6.10 Å². The molecule has 1 N–H and O–H groups in total. The molecule has 1 aromatic carbocycles. The number of hydrogen-bond acceptors (Lipinski definition) is 2. The normalized spacial score (nSPS) is 21.7. The van der Waals surface area contributed by atoms with Crippen LogP contribution in [0.2, 0.25) is 0 Å². The van der Waals surface area contributed by atoms with E-state index in [0.717, 1.165) is 18.8 Å². The van der Waals surface area contributed by atoms with Gasteiger partial charge in [-0.15, -0.1) is 0 Å². The van der Waals surface area contributed by atoms with Crippen molar-refractivity contribution in [1.29, 1.82) is 0 Å². The highest BCUT2D eigenvalue weighted by Gasteiger charge is 2.27. The summed E-state index contributed by atoms with van der Waals surface area (Å²) in [5.74, 6) is 1.08. The minimum absolute atomic E-state index is 0.283. The van der Waals surface area contributed by atoms with Gasteiger partial charge in [-0.1, -0.05) is 13.8 Å². The van der Waals surface area contributed by atoms with Crippen LogP contribution in [0, 0.1) is 17.7 Å². The Morgan fingerprint density at radius 1 is 1.33 bits per heavy atom. The predicted octanol–water partition coefficient (Wildman–Crippen LogP) is 3.36. The van der Waals surface area contributed by atoms with Gasteiger partial charge in [0, 0.05) is 24.3 Å². The van der Waals surface area contributed by atoms with Crippen LogP contribution in [0.15, 0.2) is 18.2 Å². The molecule has 100 valence electrons. The maximum absolute atomic E-state index is 13.3. The van der Waals surface area contributed by atoms with Crippen LogP contribution < -0.4 is 4.90 Å². The van der Waals surface area contributed by atoms with E-state index in [1.54, 1.807) is 13.0 Å². The average Bonchev–Trinajstić information content (AvgIpc) is 2.78. The third kappa shape index (κ3) is 2.66. The summed E-state index contributed by atoms with van der Waals surface area (Å²) in [5, 5.41) is 9.77. The van der Waals surface area contributed by atoms with Gasteiger partial charge in [-0.25, -0.2) is 4.39 Å². The van der Waals surface area contributed by atoms with E-state index in [1.165, 1.54) is 18.6 Å². The lowest BCUT2D eigenvalue weighted by Crippen LogP contribution is -2.22. The zero-order chi connectivity index (χ0) is 13.3. The van der Waals surface area contributed by atoms with Crippen molar-refractivity contribution in [3.63, 3.8) is 0 Å². The first kappa shape index (κ1) is 13.3. The summed E-state index contributed by atoms with van der Waals surface area (Å²) in [7, 11) is 0. The zero-order valence-electron chi connectivity index (χ0n) is 11.4. The molecule has 0 aliphatic carbocycles. The highest BCUT2D eigenvalue weighted by Crippen LogP contribution is 2.33. The van der Waals surface area contributed by atoms with E-state index in [-0.39, 0.29) is 5.82 Å². The molecule has 1 aromatic rings. The van der Waals surface area contributed by atoms with E-state index in [1.807, 2.05) is 0 Å². The number of benzene rings is 1. The molecule has 2 atom stereocenters. The van der Waals surface area contributed by atoms with Crippen molar-refractivity contribution in [3.8, 4) is 0 Å². The molecule has 2 rings (SSSR count). The summed E-state index contributed by atoms with van der Waals surface area (Å²) in [6.45, 7) is 8.17. The van der Waals surface area contributed by atoms with E-state index in [2.05, 4.69) is 18.7 Å². The van der Waals surface area contributed by atoms with Crippen molar-refractivity contribution in [2.75, 3.05) is 18.0 Å². The summed E-state index contributed by atoms with van der Waals surface area (Å²) in [6.07, 6.45) is 0.544. The van der Waals surface area contributed by atoms with Gasteiger partial charge in [0.2, 0.25) is 0 Å². The molecule has 0 saturated carbocycles. The number of nitrogens with zero attached hydrogens (tertiary/aromatic N) is 1. The summed E-state index contributed by atoms with van der Waals surface area (Å²) < 4.78 is 13.3. The summed E-state index contributed by atoms with van der Waals surface area (Å²) in [5.41, 5.74) is 1.67. The van der Waals surface area contributed by atoms with Crippen LogP contribution in [0.5, 0.6) is 0 Å². The molecule has 18 heavy (non-hydrogen) atoms. The number of rotatable bonds is 3. The van der Waals surface area contributed by atoms with Gasteiger partial charge in [-0.3, -0.25) is 0 Å². The van der Waals surface area contributed by atoms with E-state index in [4.69, 9.17) is 0 Å². The minimum atomic E-state index is -0.631. The van der Waals surface area contributed by atoms with Crippen molar-refractivity contribution in [1.82, 2.24) is 0 Å². The summed E-state index contributed by atoms with van der Waals surface area (Å²) in [4.78, 5) is 2.27. The Balaban J connectivity index is 2.24. The molecule has 1 heterocycles. The molecule has 0 radical (unpaired) electrons. The molecule has 3 heteroatoms. The summed E-state index contributed by atoms with van der Waals surface area (Å²) in [6, 6.07) is 4.71. The standard InChI is InChI=1S/C15H22FNO/c1-10(2)12-6-7-17(9-12)15-5-4-13(16)8-14(15)11(3)18/h4-5,8,10-12,18H,6-7,9H2,1-3H3/t11-,12?/m0/s1. The van der Waals surface area contributed by atoms with Crippen molar-refractivity contribution in [3.05, 3.63) is 29.6 Å². The molecule has 1 fully saturated rings. The molecule has 0 spiro atoms. The fourth-order valence-corrected chi connectivity index (χ4v) is 2.70. The van der Waals surface area contributed by atoms with E-state index < -0.39 is 6.10 Å². The number of halogens is 1. The van der Waals surface area contributed by atoms with Gasteiger partial charge in [0.15, 0.2) is 0 Å². The first-order valence-corrected chi connectivity index (χ1v) is 6.71. The van der Waals surface area contributed by atoms with E-state index in [9.17, 15) is 9.50 Å². The molecule has 1 unspecified atom stereocenters. The highest BCUT2D eigenvalue weighted by atomic mass is 19.1. The maximum Gasteiger partial charge on any atom is 0.123 e. The largest absolute Gasteiger partial charge is 0.389 e. The second-order valence-corrected chi connectivity index (χ2v) is 5.62. The molecule has 0 amide bonds. The van der Waals surface area contributed by atoms with Gasteiger partial charge in [-0.05, 0) is 43.4 Å². The molecular formula is C15H22FNO. The Kier molecular flexibility index (Phi) is 3.91. The van der Waals surface area contributed by atoms with Crippen LogP contribution in [0.1, 0.15) is 38.9 Å². The Morgan fingerprint density at radius 3 is 2.61 bits per heavy atom. The number of aliphatic hydroxyl groups excluding tert-OH is 1. The first-order valence-electron chi connectivity index (χ1n) is 6.71. The van der Waals surface area contributed by atoms with Crippen molar-refractivity contribution < 1.29 is 9.50 Å². The fourth-order valence-electron chi connectivity index (χ4n) is 2.70. The smallest absolute Gasteiger partial charge is 0.123 e. The first-order chi connectivity index (χ1) is 8.49.